The van der Waals surface area contributed by atoms with Crippen molar-refractivity contribution in [1.29, 1.82) is 0 Å². The van der Waals surface area contributed by atoms with Gasteiger partial charge in [0.15, 0.2) is 5.60 Å². The number of halogens is 3. The molecule has 2 aromatic carbocycles. The second kappa shape index (κ2) is 10.5. The SMILES string of the molecule is C[C@@](O)(c1ccc(N2CCN(S(=O)(=O)c3cccs3)C[C@@H]2COCc2ccccc2)cc1)C(F)(F)F. The van der Waals surface area contributed by atoms with Gasteiger partial charge < -0.3 is 14.7 Å². The Labute approximate surface area is 212 Å². The fraction of sp³-hybridized carbons (Fsp3) is 0.360. The molecule has 4 rings (SSSR count). The highest BCUT2D eigenvalue weighted by molar-refractivity contribution is 7.91. The number of rotatable bonds is 8. The lowest BCUT2D eigenvalue weighted by molar-refractivity contribution is -0.258. The molecule has 1 saturated heterocycles. The summed E-state index contributed by atoms with van der Waals surface area (Å²) in [5.74, 6) is 0. The second-order valence-electron chi connectivity index (χ2n) is 8.76. The van der Waals surface area contributed by atoms with Crippen molar-refractivity contribution in [3.63, 3.8) is 0 Å². The average Bonchev–Trinajstić information content (AvgIpc) is 3.40. The van der Waals surface area contributed by atoms with Crippen LogP contribution in [0, 0.1) is 0 Å². The van der Waals surface area contributed by atoms with Gasteiger partial charge in [-0.05, 0) is 41.6 Å². The largest absolute Gasteiger partial charge is 0.421 e. The van der Waals surface area contributed by atoms with Crippen molar-refractivity contribution in [3.8, 4) is 0 Å². The van der Waals surface area contributed by atoms with Crippen molar-refractivity contribution >= 4 is 27.0 Å². The Morgan fingerprint density at radius 3 is 2.33 bits per heavy atom. The Hall–Kier alpha value is -2.44. The molecule has 194 valence electrons. The molecule has 1 aliphatic rings. The van der Waals surface area contributed by atoms with Crippen LogP contribution in [0.1, 0.15) is 18.1 Å². The molecule has 0 aliphatic carbocycles. The van der Waals surface area contributed by atoms with E-state index in [1.165, 1.54) is 28.6 Å². The van der Waals surface area contributed by atoms with E-state index in [1.807, 2.05) is 35.2 Å². The van der Waals surface area contributed by atoms with Crippen LogP contribution in [-0.4, -0.2) is 56.3 Å². The standard InChI is InChI=1S/C25H27F3N2O4S2/c1-24(31,25(26,27)28)20-9-11-21(12-10-20)30-14-13-29(36(32,33)23-8-5-15-35-23)16-22(30)18-34-17-19-6-3-2-4-7-19/h2-12,15,22,31H,13-14,16-18H2,1H3/t22-,24-/m1/s1. The summed E-state index contributed by atoms with van der Waals surface area (Å²) in [6.07, 6.45) is -4.82. The first-order chi connectivity index (χ1) is 17.0. The van der Waals surface area contributed by atoms with Crippen LogP contribution in [0.15, 0.2) is 76.3 Å². The number of piperazine rings is 1. The van der Waals surface area contributed by atoms with Crippen LogP contribution < -0.4 is 4.90 Å². The first-order valence-corrected chi connectivity index (χ1v) is 13.6. The number of sulfonamides is 1. The molecule has 1 aromatic heterocycles. The first kappa shape index (κ1) is 26.6. The van der Waals surface area contributed by atoms with Gasteiger partial charge in [-0.15, -0.1) is 11.3 Å². The summed E-state index contributed by atoms with van der Waals surface area (Å²) in [4.78, 5) is 1.94. The van der Waals surface area contributed by atoms with E-state index >= 15 is 0 Å². The quantitative estimate of drug-likeness (QED) is 0.452. The molecule has 0 amide bonds. The van der Waals surface area contributed by atoms with Crippen LogP contribution in [-0.2, 0) is 27.0 Å². The maximum atomic E-state index is 13.2. The van der Waals surface area contributed by atoms with E-state index in [-0.39, 0.29) is 35.5 Å². The highest BCUT2D eigenvalue weighted by Gasteiger charge is 2.51. The Morgan fingerprint density at radius 1 is 1.03 bits per heavy atom. The molecular formula is C25H27F3N2O4S2. The average molecular weight is 541 g/mol. The number of nitrogens with zero attached hydrogens (tertiary/aromatic N) is 2. The summed E-state index contributed by atoms with van der Waals surface area (Å²) in [5, 5.41) is 11.7. The molecule has 11 heteroatoms. The number of hydrogen-bond acceptors (Lipinski definition) is 6. The van der Waals surface area contributed by atoms with Crippen LogP contribution in [0.4, 0.5) is 18.9 Å². The molecule has 3 aromatic rings. The van der Waals surface area contributed by atoms with Gasteiger partial charge in [-0.2, -0.15) is 17.5 Å². The summed E-state index contributed by atoms with van der Waals surface area (Å²) in [6, 6.07) is 18.0. The molecule has 2 heterocycles. The van der Waals surface area contributed by atoms with Crippen LogP contribution in [0.3, 0.4) is 0 Å². The van der Waals surface area contributed by atoms with Crippen LogP contribution >= 0.6 is 11.3 Å². The molecule has 2 atom stereocenters. The number of hydrogen-bond donors (Lipinski definition) is 1. The predicted molar refractivity (Wildman–Crippen MR) is 132 cm³/mol. The van der Waals surface area contributed by atoms with E-state index in [9.17, 15) is 26.7 Å². The molecule has 1 fully saturated rings. The van der Waals surface area contributed by atoms with E-state index in [0.717, 1.165) is 23.8 Å². The Bertz CT molecular complexity index is 1230. The number of thiophene rings is 1. The molecule has 36 heavy (non-hydrogen) atoms. The predicted octanol–water partition coefficient (Wildman–Crippen LogP) is 4.61. The fourth-order valence-corrected chi connectivity index (χ4v) is 6.71. The number of alkyl halides is 3. The molecule has 1 aliphatic heterocycles. The van der Waals surface area contributed by atoms with Crippen molar-refractivity contribution in [3.05, 3.63) is 83.2 Å². The number of aliphatic hydroxyl groups is 1. The maximum absolute atomic E-state index is 13.2. The third-order valence-electron chi connectivity index (χ3n) is 6.27. The van der Waals surface area contributed by atoms with Crippen LogP contribution in [0.25, 0.3) is 0 Å². The molecular weight excluding hydrogens is 513 g/mol. The van der Waals surface area contributed by atoms with Gasteiger partial charge in [0.05, 0.1) is 19.3 Å². The molecule has 0 saturated carbocycles. The lowest BCUT2D eigenvalue weighted by Gasteiger charge is -2.42. The summed E-state index contributed by atoms with van der Waals surface area (Å²) in [6.45, 7) is 1.99. The van der Waals surface area contributed by atoms with Crippen molar-refractivity contribution in [2.24, 2.45) is 0 Å². The fourth-order valence-electron chi connectivity index (χ4n) is 4.09. The van der Waals surface area contributed by atoms with Gasteiger partial charge in [0, 0.05) is 25.3 Å². The normalized spacial score (nSPS) is 19.2. The molecule has 0 spiro atoms. The third-order valence-corrected chi connectivity index (χ3v) is 9.51. The molecule has 0 unspecified atom stereocenters. The highest BCUT2D eigenvalue weighted by Crippen LogP contribution is 2.39. The van der Waals surface area contributed by atoms with Gasteiger partial charge in [0.25, 0.3) is 10.0 Å². The summed E-state index contributed by atoms with van der Waals surface area (Å²) < 4.78 is 73.6. The van der Waals surface area contributed by atoms with Crippen molar-refractivity contribution < 1.29 is 31.4 Å². The van der Waals surface area contributed by atoms with Gasteiger partial charge in [-0.3, -0.25) is 0 Å². The van der Waals surface area contributed by atoms with Crippen LogP contribution in [0.5, 0.6) is 0 Å². The lowest BCUT2D eigenvalue weighted by atomic mass is 9.95. The van der Waals surface area contributed by atoms with E-state index in [0.29, 0.717) is 18.8 Å². The molecule has 6 nitrogen and oxygen atoms in total. The van der Waals surface area contributed by atoms with Crippen molar-refractivity contribution in [2.45, 2.75) is 35.6 Å². The zero-order valence-electron chi connectivity index (χ0n) is 19.6. The zero-order valence-corrected chi connectivity index (χ0v) is 21.2. The highest BCUT2D eigenvalue weighted by atomic mass is 32.2. The smallest absolute Gasteiger partial charge is 0.376 e. The number of ether oxygens (including phenoxy) is 1. The van der Waals surface area contributed by atoms with E-state index in [2.05, 4.69) is 0 Å². The number of benzene rings is 2. The van der Waals surface area contributed by atoms with Gasteiger partial charge in [0.1, 0.15) is 4.21 Å². The minimum Gasteiger partial charge on any atom is -0.376 e. The number of anilines is 1. The van der Waals surface area contributed by atoms with Crippen LogP contribution in [0.2, 0.25) is 0 Å². The topological polar surface area (TPSA) is 70.1 Å². The summed E-state index contributed by atoms with van der Waals surface area (Å²) in [7, 11) is -3.67. The second-order valence-corrected chi connectivity index (χ2v) is 11.9. The van der Waals surface area contributed by atoms with Crippen molar-refractivity contribution in [1.82, 2.24) is 4.31 Å². The third kappa shape index (κ3) is 5.60. The van der Waals surface area contributed by atoms with Crippen molar-refractivity contribution in [2.75, 3.05) is 31.1 Å². The molecule has 0 radical (unpaired) electrons. The first-order valence-electron chi connectivity index (χ1n) is 11.3. The summed E-state index contributed by atoms with van der Waals surface area (Å²) >= 11 is 1.15. The van der Waals surface area contributed by atoms with Gasteiger partial charge in [-0.25, -0.2) is 8.42 Å². The van der Waals surface area contributed by atoms with E-state index in [4.69, 9.17) is 4.74 Å². The monoisotopic (exact) mass is 540 g/mol. The maximum Gasteiger partial charge on any atom is 0.421 e. The Balaban J connectivity index is 1.55. The van der Waals surface area contributed by atoms with Gasteiger partial charge in [-0.1, -0.05) is 48.5 Å². The molecule has 0 bridgehead atoms. The Kier molecular flexibility index (Phi) is 7.77. The minimum absolute atomic E-state index is 0.164. The summed E-state index contributed by atoms with van der Waals surface area (Å²) in [5.41, 5.74) is -1.65. The lowest BCUT2D eigenvalue weighted by Crippen LogP contribution is -2.56. The van der Waals surface area contributed by atoms with E-state index < -0.39 is 21.8 Å². The Morgan fingerprint density at radius 2 is 1.72 bits per heavy atom. The minimum atomic E-state index is -4.82. The van der Waals surface area contributed by atoms with Gasteiger partial charge >= 0.3 is 6.18 Å². The molecule has 1 N–H and O–H groups in total. The zero-order chi connectivity index (χ0) is 26.0. The van der Waals surface area contributed by atoms with Gasteiger partial charge in [0.2, 0.25) is 0 Å². The van der Waals surface area contributed by atoms with E-state index in [1.54, 1.807) is 17.5 Å².